The fourth-order valence-electron chi connectivity index (χ4n) is 4.76. The lowest BCUT2D eigenvalue weighted by Crippen LogP contribution is -2.68. The van der Waals surface area contributed by atoms with Crippen molar-refractivity contribution in [2.45, 2.75) is 106 Å². The van der Waals surface area contributed by atoms with Gasteiger partial charge < -0.3 is 80.3 Å². The van der Waals surface area contributed by atoms with Gasteiger partial charge >= 0.3 is 0 Å². The third kappa shape index (κ3) is 7.23. The molecule has 3 rings (SSSR count). The number of hydrogen-bond donors (Lipinski definition) is 11. The van der Waals surface area contributed by atoms with E-state index in [1.54, 1.807) is 0 Å². The summed E-state index contributed by atoms with van der Waals surface area (Å²) in [6, 6.07) is -2.72. The van der Waals surface area contributed by atoms with E-state index in [4.69, 9.17) is 23.7 Å². The summed E-state index contributed by atoms with van der Waals surface area (Å²) < 4.78 is 27.4. The van der Waals surface area contributed by atoms with Gasteiger partial charge in [-0.2, -0.15) is 0 Å². The van der Waals surface area contributed by atoms with Gasteiger partial charge in [0.05, 0.1) is 19.8 Å². The number of nitrogens with one attached hydrogen (secondary N) is 2. The Morgan fingerprint density at radius 3 is 1.77 bits per heavy atom. The molecule has 18 heteroatoms. The second-order valence-electron chi connectivity index (χ2n) is 9.85. The monoisotopic (exact) mass is 586 g/mol. The lowest BCUT2D eigenvalue weighted by Gasteiger charge is -2.47. The second-order valence-corrected chi connectivity index (χ2v) is 9.85. The Morgan fingerprint density at radius 2 is 1.20 bits per heavy atom. The van der Waals surface area contributed by atoms with Crippen LogP contribution >= 0.6 is 0 Å². The van der Waals surface area contributed by atoms with E-state index in [1.807, 2.05) is 0 Å². The molecule has 18 nitrogen and oxygen atoms in total. The number of carbonyl (C=O) groups is 2. The number of ether oxygens (including phenoxy) is 5. The Morgan fingerprint density at radius 1 is 0.650 bits per heavy atom. The average molecular weight is 587 g/mol. The van der Waals surface area contributed by atoms with E-state index in [2.05, 4.69) is 10.6 Å². The molecule has 0 aliphatic carbocycles. The maximum absolute atomic E-state index is 11.9. The van der Waals surface area contributed by atoms with Crippen molar-refractivity contribution in [2.75, 3.05) is 19.8 Å². The van der Waals surface area contributed by atoms with Crippen molar-refractivity contribution >= 4 is 11.8 Å². The maximum atomic E-state index is 11.9. The minimum absolute atomic E-state index is 0.564. The molecule has 232 valence electrons. The molecule has 0 aromatic rings. The van der Waals surface area contributed by atoms with Crippen LogP contribution in [0.2, 0.25) is 0 Å². The fourth-order valence-corrected chi connectivity index (χ4v) is 4.76. The smallest absolute Gasteiger partial charge is 0.217 e. The Labute approximate surface area is 228 Å². The predicted molar refractivity (Wildman–Crippen MR) is 124 cm³/mol. The summed E-state index contributed by atoms with van der Waals surface area (Å²) in [4.78, 5) is 23.2. The zero-order chi connectivity index (χ0) is 29.9. The van der Waals surface area contributed by atoms with Crippen LogP contribution < -0.4 is 10.6 Å². The van der Waals surface area contributed by atoms with Crippen LogP contribution in [0.5, 0.6) is 0 Å². The average Bonchev–Trinajstić information content (AvgIpc) is 2.90. The zero-order valence-corrected chi connectivity index (χ0v) is 21.7. The predicted octanol–water partition coefficient (Wildman–Crippen LogP) is -7.29. The van der Waals surface area contributed by atoms with Crippen molar-refractivity contribution in [1.82, 2.24) is 10.6 Å². The Bertz CT molecular complexity index is 852. The van der Waals surface area contributed by atoms with Gasteiger partial charge in [0.1, 0.15) is 73.1 Å². The highest BCUT2D eigenvalue weighted by molar-refractivity contribution is 5.73. The van der Waals surface area contributed by atoms with Gasteiger partial charge in [-0.25, -0.2) is 0 Å². The molecule has 0 spiro atoms. The lowest BCUT2D eigenvalue weighted by molar-refractivity contribution is -0.351. The van der Waals surface area contributed by atoms with Gasteiger partial charge in [-0.05, 0) is 0 Å². The summed E-state index contributed by atoms with van der Waals surface area (Å²) in [6.45, 7) is 0.168. The van der Waals surface area contributed by atoms with Gasteiger partial charge in [-0.1, -0.05) is 0 Å². The SMILES string of the molecule is CC(=O)N[C@H]1[C@H](OC[C@H]2OC(O)[C@H](NC(C)=O)[C@@H](O)[C@@H]2O)O[C@H](CO)[C@@H](O[C@@H]2O[C@H](CO)[C@H](O)[C@H](O)[C@H]2O)[C@@H]1O. The molecule has 3 saturated heterocycles. The van der Waals surface area contributed by atoms with Gasteiger partial charge in [0.15, 0.2) is 18.9 Å². The molecule has 0 saturated carbocycles. The minimum atomic E-state index is -1.83. The van der Waals surface area contributed by atoms with Gasteiger partial charge in [-0.3, -0.25) is 9.59 Å². The van der Waals surface area contributed by atoms with Gasteiger partial charge in [0.25, 0.3) is 0 Å². The molecule has 3 heterocycles. The topological polar surface area (TPSA) is 286 Å². The lowest BCUT2D eigenvalue weighted by atomic mass is 9.95. The molecular weight excluding hydrogens is 548 g/mol. The number of aliphatic hydroxyl groups excluding tert-OH is 9. The molecule has 0 aromatic carbocycles. The van der Waals surface area contributed by atoms with Crippen molar-refractivity contribution in [2.24, 2.45) is 0 Å². The van der Waals surface area contributed by atoms with E-state index >= 15 is 0 Å². The standard InChI is InChI=1S/C22H38N2O16/c1-6(27)23-11-15(31)14(30)10(37-20(11)35)5-36-21-12(24-7(2)28)16(32)19(9(4-26)39-21)40-22-18(34)17(33)13(29)8(3-25)38-22/h8-22,25-26,29-35H,3-5H2,1-2H3,(H,23,27)(H,24,28)/t8-,9-,10-,11-,12-,13+,14-,15-,16-,17+,18-,19-,20?,21-,22+/m1/s1. The highest BCUT2D eigenvalue weighted by Crippen LogP contribution is 2.30. The molecule has 3 aliphatic heterocycles. The Balaban J connectivity index is 1.73. The Hall–Kier alpha value is -1.62. The van der Waals surface area contributed by atoms with Crippen LogP contribution in [0.3, 0.4) is 0 Å². The second kappa shape index (κ2) is 14.0. The molecule has 40 heavy (non-hydrogen) atoms. The van der Waals surface area contributed by atoms with Crippen molar-refractivity contribution in [3.63, 3.8) is 0 Å². The summed E-state index contributed by atoms with van der Waals surface area (Å²) in [5.74, 6) is -1.24. The summed E-state index contributed by atoms with van der Waals surface area (Å²) in [7, 11) is 0. The third-order valence-corrected chi connectivity index (χ3v) is 6.88. The maximum Gasteiger partial charge on any atom is 0.217 e. The summed E-state index contributed by atoms with van der Waals surface area (Å²) in [5, 5.41) is 96.3. The van der Waals surface area contributed by atoms with E-state index in [-0.39, 0.29) is 0 Å². The van der Waals surface area contributed by atoms with Crippen LogP contribution in [0.4, 0.5) is 0 Å². The van der Waals surface area contributed by atoms with E-state index in [0.29, 0.717) is 0 Å². The zero-order valence-electron chi connectivity index (χ0n) is 21.7. The summed E-state index contributed by atoms with van der Waals surface area (Å²) in [6.07, 6.45) is -20.8. The van der Waals surface area contributed by atoms with Crippen LogP contribution in [0.25, 0.3) is 0 Å². The molecule has 15 atom stereocenters. The number of hydrogen-bond acceptors (Lipinski definition) is 16. The van der Waals surface area contributed by atoms with Gasteiger partial charge in [0.2, 0.25) is 11.8 Å². The van der Waals surface area contributed by atoms with Crippen LogP contribution in [0.15, 0.2) is 0 Å². The molecule has 1 unspecified atom stereocenters. The quantitative estimate of drug-likeness (QED) is 0.120. The number of rotatable bonds is 9. The molecule has 0 bridgehead atoms. The van der Waals surface area contributed by atoms with Gasteiger partial charge in [0, 0.05) is 13.8 Å². The fraction of sp³-hybridized carbons (Fsp3) is 0.909. The first-order valence-corrected chi connectivity index (χ1v) is 12.6. The van der Waals surface area contributed by atoms with Crippen LogP contribution in [-0.2, 0) is 33.3 Å². The first-order chi connectivity index (χ1) is 18.8. The first-order valence-electron chi connectivity index (χ1n) is 12.6. The van der Waals surface area contributed by atoms with Crippen molar-refractivity contribution in [3.05, 3.63) is 0 Å². The summed E-state index contributed by atoms with van der Waals surface area (Å²) in [5.41, 5.74) is 0. The van der Waals surface area contributed by atoms with E-state index in [0.717, 1.165) is 13.8 Å². The normalized spacial score (nSPS) is 46.0. The first kappa shape index (κ1) is 32.9. The van der Waals surface area contributed by atoms with Crippen LogP contribution in [0.1, 0.15) is 13.8 Å². The van der Waals surface area contributed by atoms with E-state index < -0.39 is 124 Å². The van der Waals surface area contributed by atoms with E-state index in [9.17, 15) is 55.5 Å². The molecule has 0 radical (unpaired) electrons. The molecule has 0 aromatic heterocycles. The van der Waals surface area contributed by atoms with Gasteiger partial charge in [-0.15, -0.1) is 0 Å². The molecule has 11 N–H and O–H groups in total. The Kier molecular flexibility index (Phi) is 11.5. The minimum Gasteiger partial charge on any atom is -0.394 e. The van der Waals surface area contributed by atoms with Crippen LogP contribution in [-0.4, -0.2) is 170 Å². The van der Waals surface area contributed by atoms with Crippen LogP contribution in [0, 0.1) is 0 Å². The number of carbonyl (C=O) groups excluding carboxylic acids is 2. The third-order valence-electron chi connectivity index (χ3n) is 6.88. The summed E-state index contributed by atoms with van der Waals surface area (Å²) >= 11 is 0. The highest BCUT2D eigenvalue weighted by Gasteiger charge is 2.52. The molecular formula is C22H38N2O16. The number of aliphatic hydroxyl groups is 9. The van der Waals surface area contributed by atoms with Crippen molar-refractivity contribution < 1.29 is 79.2 Å². The van der Waals surface area contributed by atoms with Crippen molar-refractivity contribution in [3.8, 4) is 0 Å². The number of amides is 2. The largest absolute Gasteiger partial charge is 0.394 e. The van der Waals surface area contributed by atoms with Crippen molar-refractivity contribution in [1.29, 1.82) is 0 Å². The molecule has 2 amide bonds. The molecule has 3 aliphatic rings. The highest BCUT2D eigenvalue weighted by atomic mass is 16.7. The molecule has 3 fully saturated rings. The van der Waals surface area contributed by atoms with E-state index in [1.165, 1.54) is 0 Å².